The standard InChI is InChI=1S/C25H30N4OS/c1-18-10-9-11-19(2)24(18)26-23(30)17-31-25-28-27-22(16-20-12-5-3-6-13-20)29(25)21-14-7-4-8-15-21/h3,5-6,9-13,21H,4,7-8,14-17H2,1-2H3,(H,26,30). The average Bonchev–Trinajstić information content (AvgIpc) is 3.18. The summed E-state index contributed by atoms with van der Waals surface area (Å²) in [6.45, 7) is 4.04. The van der Waals surface area contributed by atoms with E-state index in [1.165, 1.54) is 36.6 Å². The Balaban J connectivity index is 1.50. The van der Waals surface area contributed by atoms with Crippen molar-refractivity contribution in [3.63, 3.8) is 0 Å². The van der Waals surface area contributed by atoms with E-state index in [0.717, 1.165) is 47.1 Å². The SMILES string of the molecule is Cc1cccc(C)c1NC(=O)CSc1nnc(Cc2ccccc2)n1C1CCCCC1. The number of aromatic nitrogens is 3. The van der Waals surface area contributed by atoms with Crippen LogP contribution in [-0.4, -0.2) is 26.4 Å². The van der Waals surface area contributed by atoms with E-state index in [1.54, 1.807) is 0 Å². The van der Waals surface area contributed by atoms with Gasteiger partial charge in [-0.3, -0.25) is 4.79 Å². The second-order valence-corrected chi connectivity index (χ2v) is 9.27. The van der Waals surface area contributed by atoms with Crippen LogP contribution in [0.1, 0.15) is 60.7 Å². The maximum Gasteiger partial charge on any atom is 0.234 e. The smallest absolute Gasteiger partial charge is 0.234 e. The Morgan fingerprint density at radius 2 is 1.71 bits per heavy atom. The molecule has 0 aliphatic heterocycles. The molecule has 0 spiro atoms. The molecule has 1 fully saturated rings. The van der Waals surface area contributed by atoms with Gasteiger partial charge in [0.1, 0.15) is 5.82 Å². The fourth-order valence-corrected chi connectivity index (χ4v) is 5.15. The summed E-state index contributed by atoms with van der Waals surface area (Å²) in [5.41, 5.74) is 4.30. The van der Waals surface area contributed by atoms with Crippen LogP contribution in [0.25, 0.3) is 0 Å². The third kappa shape index (κ3) is 5.37. The van der Waals surface area contributed by atoms with E-state index in [2.05, 4.69) is 44.3 Å². The number of carbonyl (C=O) groups is 1. The molecule has 6 heteroatoms. The minimum Gasteiger partial charge on any atom is -0.325 e. The zero-order valence-electron chi connectivity index (χ0n) is 18.3. The first-order valence-electron chi connectivity index (χ1n) is 11.1. The second-order valence-electron chi connectivity index (χ2n) is 8.33. The van der Waals surface area contributed by atoms with Crippen molar-refractivity contribution in [1.29, 1.82) is 0 Å². The highest BCUT2D eigenvalue weighted by molar-refractivity contribution is 7.99. The molecule has 31 heavy (non-hydrogen) atoms. The lowest BCUT2D eigenvalue weighted by Crippen LogP contribution is -2.19. The van der Waals surface area contributed by atoms with Crippen LogP contribution in [0.15, 0.2) is 53.7 Å². The van der Waals surface area contributed by atoms with E-state index >= 15 is 0 Å². The van der Waals surface area contributed by atoms with Crippen LogP contribution in [0, 0.1) is 13.8 Å². The van der Waals surface area contributed by atoms with Gasteiger partial charge in [0.15, 0.2) is 5.16 Å². The number of carbonyl (C=O) groups excluding carboxylic acids is 1. The van der Waals surface area contributed by atoms with Gasteiger partial charge in [0.2, 0.25) is 5.91 Å². The molecule has 1 aliphatic carbocycles. The third-order valence-electron chi connectivity index (χ3n) is 5.96. The van der Waals surface area contributed by atoms with Gasteiger partial charge in [-0.05, 0) is 43.4 Å². The number of aryl methyl sites for hydroxylation is 2. The minimum absolute atomic E-state index is 0.00907. The molecule has 162 valence electrons. The van der Waals surface area contributed by atoms with Gasteiger partial charge in [-0.2, -0.15) is 0 Å². The summed E-state index contributed by atoms with van der Waals surface area (Å²) in [5, 5.41) is 13.0. The fraction of sp³-hybridized carbons (Fsp3) is 0.400. The Labute approximate surface area is 188 Å². The third-order valence-corrected chi connectivity index (χ3v) is 6.90. The van der Waals surface area contributed by atoms with Crippen molar-refractivity contribution < 1.29 is 4.79 Å². The van der Waals surface area contributed by atoms with Crippen molar-refractivity contribution in [2.45, 2.75) is 63.6 Å². The van der Waals surface area contributed by atoms with Crippen molar-refractivity contribution in [3.05, 3.63) is 71.0 Å². The Morgan fingerprint density at radius 1 is 1.00 bits per heavy atom. The van der Waals surface area contributed by atoms with E-state index in [9.17, 15) is 4.79 Å². The van der Waals surface area contributed by atoms with Crippen LogP contribution in [0.5, 0.6) is 0 Å². The van der Waals surface area contributed by atoms with E-state index in [0.29, 0.717) is 11.8 Å². The summed E-state index contributed by atoms with van der Waals surface area (Å²) in [6, 6.07) is 16.9. The number of para-hydroxylation sites is 1. The molecule has 4 rings (SSSR count). The molecule has 5 nitrogen and oxygen atoms in total. The first-order valence-corrected chi connectivity index (χ1v) is 12.1. The maximum atomic E-state index is 12.7. The largest absolute Gasteiger partial charge is 0.325 e. The highest BCUT2D eigenvalue weighted by Gasteiger charge is 2.23. The lowest BCUT2D eigenvalue weighted by atomic mass is 9.95. The van der Waals surface area contributed by atoms with Crippen LogP contribution in [0.2, 0.25) is 0 Å². The summed E-state index contributed by atoms with van der Waals surface area (Å²) >= 11 is 1.49. The number of thioether (sulfide) groups is 1. The summed E-state index contributed by atoms with van der Waals surface area (Å²) < 4.78 is 2.31. The van der Waals surface area contributed by atoms with Crippen LogP contribution in [0.3, 0.4) is 0 Å². The molecular weight excluding hydrogens is 404 g/mol. The lowest BCUT2D eigenvalue weighted by molar-refractivity contribution is -0.113. The Kier molecular flexibility index (Phi) is 7.07. The van der Waals surface area contributed by atoms with E-state index in [-0.39, 0.29) is 5.91 Å². The van der Waals surface area contributed by atoms with Gasteiger partial charge in [-0.15, -0.1) is 10.2 Å². The molecule has 1 heterocycles. The van der Waals surface area contributed by atoms with Gasteiger partial charge >= 0.3 is 0 Å². The van der Waals surface area contributed by atoms with Gasteiger partial charge in [-0.25, -0.2) is 0 Å². The average molecular weight is 435 g/mol. The molecule has 1 N–H and O–H groups in total. The Bertz CT molecular complexity index is 1010. The number of hydrogen-bond donors (Lipinski definition) is 1. The van der Waals surface area contributed by atoms with Crippen molar-refractivity contribution in [2.24, 2.45) is 0 Å². The molecule has 0 unspecified atom stereocenters. The second kappa shape index (κ2) is 10.1. The first-order chi connectivity index (χ1) is 15.1. The van der Waals surface area contributed by atoms with Crippen molar-refractivity contribution >= 4 is 23.4 Å². The zero-order chi connectivity index (χ0) is 21.6. The first kappa shape index (κ1) is 21.6. The number of hydrogen-bond acceptors (Lipinski definition) is 4. The summed E-state index contributed by atoms with van der Waals surface area (Å²) in [5.74, 6) is 1.31. The quantitative estimate of drug-likeness (QED) is 0.483. The van der Waals surface area contributed by atoms with Gasteiger partial charge in [-0.1, -0.05) is 79.6 Å². The van der Waals surface area contributed by atoms with Crippen LogP contribution >= 0.6 is 11.8 Å². The Morgan fingerprint density at radius 3 is 2.42 bits per heavy atom. The maximum absolute atomic E-state index is 12.7. The molecule has 1 aliphatic rings. The Hall–Kier alpha value is -2.60. The molecule has 0 atom stereocenters. The summed E-state index contributed by atoms with van der Waals surface area (Å²) in [4.78, 5) is 12.7. The van der Waals surface area contributed by atoms with Crippen molar-refractivity contribution in [1.82, 2.24) is 14.8 Å². The van der Waals surface area contributed by atoms with E-state index in [4.69, 9.17) is 0 Å². The molecule has 0 bridgehead atoms. The molecule has 1 saturated carbocycles. The highest BCUT2D eigenvalue weighted by Crippen LogP contribution is 2.33. The zero-order valence-corrected chi connectivity index (χ0v) is 19.1. The van der Waals surface area contributed by atoms with Crippen molar-refractivity contribution in [3.8, 4) is 0 Å². The van der Waals surface area contributed by atoms with E-state index in [1.807, 2.05) is 38.1 Å². The lowest BCUT2D eigenvalue weighted by Gasteiger charge is -2.25. The summed E-state index contributed by atoms with van der Waals surface area (Å²) in [7, 11) is 0. The van der Waals surface area contributed by atoms with Gasteiger partial charge in [0, 0.05) is 18.2 Å². The normalized spacial score (nSPS) is 14.5. The number of nitrogens with one attached hydrogen (secondary N) is 1. The number of amides is 1. The minimum atomic E-state index is -0.00907. The predicted molar refractivity (Wildman–Crippen MR) is 127 cm³/mol. The van der Waals surface area contributed by atoms with Crippen LogP contribution in [-0.2, 0) is 11.2 Å². The molecule has 1 amide bonds. The molecule has 2 aromatic carbocycles. The van der Waals surface area contributed by atoms with Gasteiger partial charge < -0.3 is 9.88 Å². The fourth-order valence-electron chi connectivity index (χ4n) is 4.33. The predicted octanol–water partition coefficient (Wildman–Crippen LogP) is 5.72. The molecule has 0 saturated heterocycles. The van der Waals surface area contributed by atoms with Gasteiger partial charge in [0.25, 0.3) is 0 Å². The summed E-state index contributed by atoms with van der Waals surface area (Å²) in [6.07, 6.45) is 6.85. The molecular formula is C25H30N4OS. The van der Waals surface area contributed by atoms with E-state index < -0.39 is 0 Å². The number of anilines is 1. The van der Waals surface area contributed by atoms with Crippen LogP contribution < -0.4 is 5.32 Å². The van der Waals surface area contributed by atoms with Crippen molar-refractivity contribution in [2.75, 3.05) is 11.1 Å². The molecule has 1 aromatic heterocycles. The highest BCUT2D eigenvalue weighted by atomic mass is 32.2. The molecule has 3 aromatic rings. The monoisotopic (exact) mass is 434 g/mol. The number of nitrogens with zero attached hydrogens (tertiary/aromatic N) is 3. The molecule has 0 radical (unpaired) electrons. The topological polar surface area (TPSA) is 59.8 Å². The van der Waals surface area contributed by atoms with Gasteiger partial charge in [0.05, 0.1) is 5.75 Å². The van der Waals surface area contributed by atoms with Crippen LogP contribution in [0.4, 0.5) is 5.69 Å². The number of benzene rings is 2. The number of rotatable bonds is 7.